The lowest BCUT2D eigenvalue weighted by atomic mass is 10.2. The molecule has 0 fully saturated rings. The van der Waals surface area contributed by atoms with Gasteiger partial charge in [-0.2, -0.15) is 0 Å². The standard InChI is InChI=1S/C12H27N3O/c1-10(2)13-8-6-12(16)14-11(3)7-9-15(4)5/h10-11,13H,6-9H2,1-5H3,(H,14,16). The summed E-state index contributed by atoms with van der Waals surface area (Å²) in [7, 11) is 4.09. The van der Waals surface area contributed by atoms with Gasteiger partial charge in [0.1, 0.15) is 0 Å². The van der Waals surface area contributed by atoms with Gasteiger partial charge in [0.05, 0.1) is 0 Å². The Morgan fingerprint density at radius 1 is 1.25 bits per heavy atom. The Morgan fingerprint density at radius 2 is 1.88 bits per heavy atom. The first-order chi connectivity index (χ1) is 7.41. The lowest BCUT2D eigenvalue weighted by molar-refractivity contribution is -0.121. The molecule has 0 aromatic carbocycles. The molecule has 0 heterocycles. The maximum absolute atomic E-state index is 11.5. The van der Waals surface area contributed by atoms with Crippen molar-refractivity contribution in [1.82, 2.24) is 15.5 Å². The minimum absolute atomic E-state index is 0.138. The molecule has 96 valence electrons. The Morgan fingerprint density at radius 3 is 2.38 bits per heavy atom. The normalized spacial score (nSPS) is 13.2. The first kappa shape index (κ1) is 15.4. The van der Waals surface area contributed by atoms with E-state index in [0.717, 1.165) is 19.5 Å². The summed E-state index contributed by atoms with van der Waals surface area (Å²) in [6, 6.07) is 0.702. The first-order valence-electron chi connectivity index (χ1n) is 6.09. The van der Waals surface area contributed by atoms with Gasteiger partial charge < -0.3 is 15.5 Å². The van der Waals surface area contributed by atoms with Crippen LogP contribution in [0.1, 0.15) is 33.6 Å². The van der Waals surface area contributed by atoms with Crippen molar-refractivity contribution in [3.05, 3.63) is 0 Å². The third-order valence-electron chi connectivity index (χ3n) is 2.32. The molecule has 0 saturated heterocycles. The van der Waals surface area contributed by atoms with E-state index in [1.807, 2.05) is 14.1 Å². The quantitative estimate of drug-likeness (QED) is 0.648. The summed E-state index contributed by atoms with van der Waals surface area (Å²) in [5.41, 5.74) is 0. The molecule has 0 aliphatic carbocycles. The average Bonchev–Trinajstić information content (AvgIpc) is 2.14. The number of rotatable bonds is 8. The van der Waals surface area contributed by atoms with Crippen LogP contribution >= 0.6 is 0 Å². The number of nitrogens with one attached hydrogen (secondary N) is 2. The van der Waals surface area contributed by atoms with E-state index in [1.165, 1.54) is 0 Å². The number of carbonyl (C=O) groups is 1. The summed E-state index contributed by atoms with van der Waals surface area (Å²) in [6.07, 6.45) is 1.56. The van der Waals surface area contributed by atoms with E-state index in [1.54, 1.807) is 0 Å². The fourth-order valence-electron chi connectivity index (χ4n) is 1.35. The van der Waals surface area contributed by atoms with Crippen molar-refractivity contribution in [3.8, 4) is 0 Å². The van der Waals surface area contributed by atoms with Crippen LogP contribution in [0.25, 0.3) is 0 Å². The summed E-state index contributed by atoms with van der Waals surface area (Å²) in [5.74, 6) is 0.138. The van der Waals surface area contributed by atoms with Crippen molar-refractivity contribution in [3.63, 3.8) is 0 Å². The molecule has 0 saturated carbocycles. The van der Waals surface area contributed by atoms with Crippen molar-refractivity contribution in [2.45, 2.75) is 45.7 Å². The molecule has 0 spiro atoms. The van der Waals surface area contributed by atoms with Crippen LogP contribution in [0.4, 0.5) is 0 Å². The fraction of sp³-hybridized carbons (Fsp3) is 0.917. The second-order valence-electron chi connectivity index (χ2n) is 4.92. The zero-order valence-electron chi connectivity index (χ0n) is 11.3. The lowest BCUT2D eigenvalue weighted by Gasteiger charge is -2.17. The van der Waals surface area contributed by atoms with E-state index in [-0.39, 0.29) is 11.9 Å². The third-order valence-corrected chi connectivity index (χ3v) is 2.32. The summed E-state index contributed by atoms with van der Waals surface area (Å²) in [6.45, 7) is 7.97. The van der Waals surface area contributed by atoms with Gasteiger partial charge in [0.25, 0.3) is 0 Å². The third kappa shape index (κ3) is 9.93. The van der Waals surface area contributed by atoms with Crippen molar-refractivity contribution in [1.29, 1.82) is 0 Å². The number of hydrogen-bond acceptors (Lipinski definition) is 3. The van der Waals surface area contributed by atoms with Gasteiger partial charge in [0.15, 0.2) is 0 Å². The molecule has 0 aromatic rings. The SMILES string of the molecule is CC(C)NCCC(=O)NC(C)CCN(C)C. The molecule has 4 nitrogen and oxygen atoms in total. The van der Waals surface area contributed by atoms with Crippen LogP contribution in [-0.4, -0.2) is 50.1 Å². The largest absolute Gasteiger partial charge is 0.354 e. The predicted octanol–water partition coefficient (Wildman–Crippen LogP) is 0.831. The van der Waals surface area contributed by atoms with Gasteiger partial charge in [-0.25, -0.2) is 0 Å². The molecule has 4 heteroatoms. The second kappa shape index (κ2) is 8.53. The van der Waals surface area contributed by atoms with Crippen molar-refractivity contribution < 1.29 is 4.79 Å². The molecule has 0 aliphatic heterocycles. The van der Waals surface area contributed by atoms with Crippen LogP contribution < -0.4 is 10.6 Å². The van der Waals surface area contributed by atoms with E-state index in [2.05, 4.69) is 36.3 Å². The molecule has 1 atom stereocenters. The fourth-order valence-corrected chi connectivity index (χ4v) is 1.35. The van der Waals surface area contributed by atoms with E-state index < -0.39 is 0 Å². The highest BCUT2D eigenvalue weighted by molar-refractivity contribution is 5.76. The van der Waals surface area contributed by atoms with Gasteiger partial charge in [0.2, 0.25) is 5.91 Å². The highest BCUT2D eigenvalue weighted by Gasteiger charge is 2.07. The Bertz CT molecular complexity index is 193. The molecule has 0 aliphatic rings. The molecule has 0 bridgehead atoms. The van der Waals surface area contributed by atoms with Gasteiger partial charge in [0, 0.05) is 25.0 Å². The predicted molar refractivity (Wildman–Crippen MR) is 68.5 cm³/mol. The Hall–Kier alpha value is -0.610. The van der Waals surface area contributed by atoms with E-state index >= 15 is 0 Å². The summed E-state index contributed by atoms with van der Waals surface area (Å²) >= 11 is 0. The summed E-state index contributed by atoms with van der Waals surface area (Å²) in [5, 5.41) is 6.23. The first-order valence-corrected chi connectivity index (χ1v) is 6.09. The monoisotopic (exact) mass is 229 g/mol. The molecule has 0 rings (SSSR count). The molecule has 16 heavy (non-hydrogen) atoms. The second-order valence-corrected chi connectivity index (χ2v) is 4.92. The number of amides is 1. The molecular weight excluding hydrogens is 202 g/mol. The molecule has 0 aromatic heterocycles. The van der Waals surface area contributed by atoms with Gasteiger partial charge in [-0.15, -0.1) is 0 Å². The highest BCUT2D eigenvalue weighted by Crippen LogP contribution is 1.93. The Labute approximate surface area is 99.8 Å². The van der Waals surface area contributed by atoms with E-state index in [4.69, 9.17) is 0 Å². The average molecular weight is 229 g/mol. The van der Waals surface area contributed by atoms with Crippen molar-refractivity contribution >= 4 is 5.91 Å². The van der Waals surface area contributed by atoms with Crippen LogP contribution in [0.3, 0.4) is 0 Å². The molecule has 2 N–H and O–H groups in total. The summed E-state index contributed by atoms with van der Waals surface area (Å²) < 4.78 is 0. The van der Waals surface area contributed by atoms with Crippen LogP contribution in [0.15, 0.2) is 0 Å². The van der Waals surface area contributed by atoms with Gasteiger partial charge in [-0.3, -0.25) is 4.79 Å². The van der Waals surface area contributed by atoms with Gasteiger partial charge >= 0.3 is 0 Å². The van der Waals surface area contributed by atoms with Gasteiger partial charge in [-0.1, -0.05) is 13.8 Å². The Balaban J connectivity index is 3.54. The van der Waals surface area contributed by atoms with Crippen LogP contribution in [0, 0.1) is 0 Å². The minimum Gasteiger partial charge on any atom is -0.354 e. The zero-order valence-corrected chi connectivity index (χ0v) is 11.3. The zero-order chi connectivity index (χ0) is 12.6. The van der Waals surface area contributed by atoms with Crippen molar-refractivity contribution in [2.24, 2.45) is 0 Å². The topological polar surface area (TPSA) is 44.4 Å². The smallest absolute Gasteiger partial charge is 0.221 e. The van der Waals surface area contributed by atoms with Crippen LogP contribution in [0.2, 0.25) is 0 Å². The van der Waals surface area contributed by atoms with Crippen molar-refractivity contribution in [2.75, 3.05) is 27.2 Å². The van der Waals surface area contributed by atoms with Gasteiger partial charge in [-0.05, 0) is 34.0 Å². The molecule has 1 unspecified atom stereocenters. The maximum Gasteiger partial charge on any atom is 0.221 e. The van der Waals surface area contributed by atoms with Crippen LogP contribution in [0.5, 0.6) is 0 Å². The van der Waals surface area contributed by atoms with Crippen LogP contribution in [-0.2, 0) is 4.79 Å². The maximum atomic E-state index is 11.5. The number of hydrogen-bond donors (Lipinski definition) is 2. The van der Waals surface area contributed by atoms with E-state index in [0.29, 0.717) is 12.5 Å². The number of carbonyl (C=O) groups excluding carboxylic acids is 1. The lowest BCUT2D eigenvalue weighted by Crippen LogP contribution is -2.37. The highest BCUT2D eigenvalue weighted by atomic mass is 16.1. The molecular formula is C12H27N3O. The number of nitrogens with zero attached hydrogens (tertiary/aromatic N) is 1. The Kier molecular flexibility index (Phi) is 8.21. The molecule has 0 radical (unpaired) electrons. The van der Waals surface area contributed by atoms with E-state index in [9.17, 15) is 4.79 Å². The molecule has 1 amide bonds. The minimum atomic E-state index is 0.138. The summed E-state index contributed by atoms with van der Waals surface area (Å²) in [4.78, 5) is 13.6.